The van der Waals surface area contributed by atoms with Gasteiger partial charge in [-0.2, -0.15) is 0 Å². The summed E-state index contributed by atoms with van der Waals surface area (Å²) in [5, 5.41) is 1.32. The van der Waals surface area contributed by atoms with Gasteiger partial charge in [-0.25, -0.2) is 9.19 Å². The molecule has 1 heterocycles. The summed E-state index contributed by atoms with van der Waals surface area (Å²) in [4.78, 5) is 19.3. The van der Waals surface area contributed by atoms with E-state index in [1.165, 1.54) is 27.3 Å². The maximum Gasteiger partial charge on any atom is 0.308 e. The molecule has 9 heteroatoms. The van der Waals surface area contributed by atoms with E-state index in [9.17, 15) is 9.00 Å². The summed E-state index contributed by atoms with van der Waals surface area (Å²) < 4.78 is 36.1. The van der Waals surface area contributed by atoms with Crippen molar-refractivity contribution in [3.8, 4) is 23.0 Å². The lowest BCUT2D eigenvalue weighted by Gasteiger charge is -2.21. The van der Waals surface area contributed by atoms with Gasteiger partial charge in [-0.1, -0.05) is 31.9 Å². The first-order valence-corrected chi connectivity index (χ1v) is 11.1. The topological polar surface area (TPSA) is 99.7 Å². The number of nitrogens with one attached hydrogen (secondary N) is 1. The Morgan fingerprint density at radius 1 is 1.10 bits per heavy atom. The molecule has 0 radical (unpaired) electrons. The minimum absolute atomic E-state index is 0.123. The van der Waals surface area contributed by atoms with Gasteiger partial charge < -0.3 is 23.9 Å². The van der Waals surface area contributed by atoms with E-state index >= 15 is 0 Å². The van der Waals surface area contributed by atoms with E-state index in [-0.39, 0.29) is 16.7 Å². The molecule has 8 nitrogen and oxygen atoms in total. The average Bonchev–Trinajstić information content (AvgIpc) is 3.31. The highest BCUT2D eigenvalue weighted by Crippen LogP contribution is 2.52. The van der Waals surface area contributed by atoms with Gasteiger partial charge in [0.05, 0.1) is 25.7 Å². The van der Waals surface area contributed by atoms with Gasteiger partial charge in [0, 0.05) is 30.1 Å². The quantitative estimate of drug-likeness (QED) is 0.282. The number of hydrogen-bond donors (Lipinski definition) is 1. The van der Waals surface area contributed by atoms with Crippen LogP contribution in [0, 0.1) is 0 Å². The van der Waals surface area contributed by atoms with Gasteiger partial charge in [0.2, 0.25) is 16.7 Å². The molecule has 0 fully saturated rings. The van der Waals surface area contributed by atoms with Crippen molar-refractivity contribution in [1.29, 1.82) is 0 Å². The van der Waals surface area contributed by atoms with Crippen LogP contribution in [0.2, 0.25) is 0 Å². The zero-order valence-electron chi connectivity index (χ0n) is 18.0. The van der Waals surface area contributed by atoms with Crippen LogP contribution in [-0.4, -0.2) is 41.0 Å². The maximum absolute atomic E-state index is 13.3. The molecule has 0 aliphatic rings. The highest BCUT2D eigenvalue weighted by atomic mass is 32.2. The van der Waals surface area contributed by atoms with E-state index < -0.39 is 16.8 Å². The van der Waals surface area contributed by atoms with Crippen LogP contribution in [0.5, 0.6) is 23.0 Å². The number of benzene rings is 2. The number of methoxy groups -OCH3 is 2. The summed E-state index contributed by atoms with van der Waals surface area (Å²) in [7, 11) is 1.28. The van der Waals surface area contributed by atoms with E-state index in [2.05, 4.69) is 16.9 Å². The van der Waals surface area contributed by atoms with Crippen molar-refractivity contribution >= 4 is 27.5 Å². The van der Waals surface area contributed by atoms with Crippen molar-refractivity contribution in [2.75, 3.05) is 20.8 Å². The monoisotopic (exact) mass is 446 g/mol. The summed E-state index contributed by atoms with van der Waals surface area (Å²) in [5.41, 5.74) is 0. The second-order valence-electron chi connectivity index (χ2n) is 6.72. The number of hydrogen-bond acceptors (Lipinski definition) is 7. The molecule has 1 N–H and O–H groups in total. The lowest BCUT2D eigenvalue weighted by Crippen LogP contribution is -2.08. The Balaban J connectivity index is 2.31. The molecule has 31 heavy (non-hydrogen) atoms. The van der Waals surface area contributed by atoms with Gasteiger partial charge in [0.1, 0.15) is 10.8 Å². The number of H-pyrrole nitrogens is 1. The molecule has 2 aromatic carbocycles. The number of unbranched alkanes of at least 4 members (excludes halogenated alkanes) is 2. The Bertz CT molecular complexity index is 1080. The van der Waals surface area contributed by atoms with Crippen LogP contribution in [-0.2, 0) is 15.6 Å². The number of esters is 1. The molecule has 1 unspecified atom stereocenters. The molecule has 0 saturated carbocycles. The summed E-state index contributed by atoms with van der Waals surface area (Å²) in [5.74, 6) is 0.526. The normalized spacial score (nSPS) is 11.9. The van der Waals surface area contributed by atoms with E-state index in [0.29, 0.717) is 33.8 Å². The Morgan fingerprint density at radius 2 is 1.84 bits per heavy atom. The van der Waals surface area contributed by atoms with Crippen LogP contribution in [0.3, 0.4) is 0 Å². The van der Waals surface area contributed by atoms with Crippen LogP contribution in [0.1, 0.15) is 33.1 Å². The van der Waals surface area contributed by atoms with Crippen LogP contribution in [0.15, 0.2) is 40.6 Å². The van der Waals surface area contributed by atoms with E-state index in [4.69, 9.17) is 18.9 Å². The fourth-order valence-corrected chi connectivity index (χ4v) is 4.42. The van der Waals surface area contributed by atoms with Crippen molar-refractivity contribution < 1.29 is 28.0 Å². The molecule has 166 valence electrons. The Hall–Kier alpha value is -3.07. The fourth-order valence-electron chi connectivity index (χ4n) is 3.29. The van der Waals surface area contributed by atoms with Crippen molar-refractivity contribution in [1.82, 2.24) is 9.97 Å². The summed E-state index contributed by atoms with van der Waals surface area (Å²) in [6.45, 7) is 3.88. The number of aromatic nitrogens is 2. The minimum Gasteiger partial charge on any atom is -0.490 e. The lowest BCUT2D eigenvalue weighted by atomic mass is 10.1. The second-order valence-corrected chi connectivity index (χ2v) is 8.08. The number of ether oxygens (including phenoxy) is 4. The SMILES string of the molecule is CCCCCOc1c(OC)c(OC)c(OC(C)=O)c2c(S(=O)c3ncc[nH]3)cccc12. The third kappa shape index (κ3) is 4.66. The molecule has 0 aliphatic heterocycles. The summed E-state index contributed by atoms with van der Waals surface area (Å²) >= 11 is 0. The standard InChI is InChI=1S/C22H26N2O6S/c1-5-6-7-13-29-18-15-9-8-10-16(31(26)22-23-11-12-24-22)17(15)19(30-14(2)25)21(28-4)20(18)27-3/h8-12H,5-7,13H2,1-4H3,(H,23,24). The Morgan fingerprint density at radius 3 is 2.45 bits per heavy atom. The van der Waals surface area contributed by atoms with Crippen molar-refractivity contribution in [2.24, 2.45) is 0 Å². The molecule has 0 spiro atoms. The molecule has 1 atom stereocenters. The van der Waals surface area contributed by atoms with Crippen molar-refractivity contribution in [2.45, 2.75) is 43.2 Å². The summed E-state index contributed by atoms with van der Waals surface area (Å²) in [6.07, 6.45) is 6.07. The number of carbonyl (C=O) groups is 1. The van der Waals surface area contributed by atoms with Gasteiger partial charge in [0.15, 0.2) is 11.5 Å². The Kier molecular flexibility index (Phi) is 7.51. The van der Waals surface area contributed by atoms with Crippen LogP contribution >= 0.6 is 0 Å². The average molecular weight is 447 g/mol. The first-order valence-electron chi connectivity index (χ1n) is 9.96. The Labute approximate surface area is 183 Å². The molecule has 3 rings (SSSR count). The van der Waals surface area contributed by atoms with Gasteiger partial charge in [-0.05, 0) is 12.5 Å². The molecule has 0 aliphatic carbocycles. The number of imidazole rings is 1. The fraction of sp³-hybridized carbons (Fsp3) is 0.364. The number of aromatic amines is 1. The molecule has 0 saturated heterocycles. The first-order chi connectivity index (χ1) is 15.0. The summed E-state index contributed by atoms with van der Waals surface area (Å²) in [6, 6.07) is 5.27. The van der Waals surface area contributed by atoms with Crippen molar-refractivity contribution in [3.05, 3.63) is 30.6 Å². The van der Waals surface area contributed by atoms with Crippen LogP contribution in [0.25, 0.3) is 10.8 Å². The highest BCUT2D eigenvalue weighted by Gasteiger charge is 2.28. The molecule has 0 amide bonds. The zero-order valence-corrected chi connectivity index (χ0v) is 18.8. The third-order valence-corrected chi connectivity index (χ3v) is 5.93. The smallest absolute Gasteiger partial charge is 0.308 e. The molecule has 0 bridgehead atoms. The number of fused-ring (bicyclic) bond motifs is 1. The number of carbonyl (C=O) groups excluding carboxylic acids is 1. The zero-order chi connectivity index (χ0) is 22.4. The van der Waals surface area contributed by atoms with Crippen LogP contribution in [0.4, 0.5) is 0 Å². The molecule has 3 aromatic rings. The van der Waals surface area contributed by atoms with E-state index in [1.54, 1.807) is 18.3 Å². The van der Waals surface area contributed by atoms with Gasteiger partial charge in [-0.3, -0.25) is 4.79 Å². The van der Waals surface area contributed by atoms with Gasteiger partial charge in [-0.15, -0.1) is 0 Å². The predicted octanol–water partition coefficient (Wildman–Crippen LogP) is 4.24. The number of nitrogens with zero attached hydrogens (tertiary/aromatic N) is 1. The van der Waals surface area contributed by atoms with E-state index in [1.807, 2.05) is 6.07 Å². The maximum atomic E-state index is 13.3. The molecular formula is C22H26N2O6S. The lowest BCUT2D eigenvalue weighted by molar-refractivity contribution is -0.131. The molecular weight excluding hydrogens is 420 g/mol. The largest absolute Gasteiger partial charge is 0.490 e. The number of rotatable bonds is 10. The highest BCUT2D eigenvalue weighted by molar-refractivity contribution is 7.85. The second kappa shape index (κ2) is 10.3. The van der Waals surface area contributed by atoms with Gasteiger partial charge >= 0.3 is 5.97 Å². The minimum atomic E-state index is -1.66. The first kappa shape index (κ1) is 22.6. The van der Waals surface area contributed by atoms with Crippen LogP contribution < -0.4 is 18.9 Å². The predicted molar refractivity (Wildman–Crippen MR) is 117 cm³/mol. The third-order valence-electron chi connectivity index (χ3n) is 4.61. The molecule has 1 aromatic heterocycles. The van der Waals surface area contributed by atoms with Crippen molar-refractivity contribution in [3.63, 3.8) is 0 Å². The van der Waals surface area contributed by atoms with E-state index in [0.717, 1.165) is 19.3 Å². The van der Waals surface area contributed by atoms with Gasteiger partial charge in [0.25, 0.3) is 0 Å².